The first-order chi connectivity index (χ1) is 11.3. The maximum atomic E-state index is 12.6. The van der Waals surface area contributed by atoms with E-state index >= 15 is 0 Å². The molecule has 2 heterocycles. The Hall–Kier alpha value is -2.54. The maximum Gasteiger partial charge on any atom is 0.278 e. The molecule has 3 rings (SSSR count). The second-order valence-electron chi connectivity index (χ2n) is 5.99. The minimum Gasteiger partial charge on any atom is -0.466 e. The zero-order chi connectivity index (χ0) is 17.5. The fraction of sp³-hybridized carbons (Fsp3) is 0.312. The molecule has 8 heteroatoms. The number of benzene rings is 1. The molecule has 0 saturated heterocycles. The van der Waals surface area contributed by atoms with Gasteiger partial charge >= 0.3 is 0 Å². The smallest absolute Gasteiger partial charge is 0.278 e. The van der Waals surface area contributed by atoms with Gasteiger partial charge in [0.1, 0.15) is 5.75 Å². The van der Waals surface area contributed by atoms with E-state index in [2.05, 4.69) is 15.7 Å². The number of hydrogen-bond acceptors (Lipinski definition) is 4. The van der Waals surface area contributed by atoms with Gasteiger partial charge in [-0.15, -0.1) is 0 Å². The Balaban J connectivity index is 1.82. The number of fused-ring (bicyclic) bond motifs is 1. The summed E-state index contributed by atoms with van der Waals surface area (Å²) in [5, 5.41) is 9.93. The van der Waals surface area contributed by atoms with Crippen LogP contribution in [0.1, 0.15) is 26.8 Å². The molecular formula is C16H17ClN4O3. The van der Waals surface area contributed by atoms with Crippen molar-refractivity contribution < 1.29 is 14.3 Å². The van der Waals surface area contributed by atoms with Crippen molar-refractivity contribution in [1.82, 2.24) is 9.78 Å². The van der Waals surface area contributed by atoms with Crippen LogP contribution in [0, 0.1) is 0 Å². The van der Waals surface area contributed by atoms with Crippen LogP contribution in [0.2, 0.25) is 5.02 Å². The number of hydrogen-bond donors (Lipinski definition) is 2. The Bertz CT molecular complexity index is 817. The van der Waals surface area contributed by atoms with E-state index < -0.39 is 17.4 Å². The molecular weight excluding hydrogens is 332 g/mol. The van der Waals surface area contributed by atoms with E-state index in [1.807, 2.05) is 13.8 Å². The summed E-state index contributed by atoms with van der Waals surface area (Å²) in [6.07, 6.45) is 3.22. The van der Waals surface area contributed by atoms with Gasteiger partial charge in [0.15, 0.2) is 0 Å². The molecule has 1 aliphatic heterocycles. The maximum absolute atomic E-state index is 12.6. The fourth-order valence-corrected chi connectivity index (χ4v) is 2.45. The molecule has 0 aliphatic carbocycles. The molecule has 0 fully saturated rings. The van der Waals surface area contributed by atoms with Gasteiger partial charge in [0.05, 0.1) is 17.6 Å². The largest absolute Gasteiger partial charge is 0.466 e. The highest BCUT2D eigenvalue weighted by molar-refractivity contribution is 6.31. The molecule has 24 heavy (non-hydrogen) atoms. The molecule has 1 atom stereocenters. The minimum absolute atomic E-state index is 0.164. The monoisotopic (exact) mass is 348 g/mol. The normalized spacial score (nSPS) is 19.5. The Morgan fingerprint density at radius 2 is 2.21 bits per heavy atom. The third kappa shape index (κ3) is 2.82. The average molecular weight is 349 g/mol. The number of aromatic nitrogens is 2. The first-order valence-electron chi connectivity index (χ1n) is 7.45. The van der Waals surface area contributed by atoms with E-state index in [0.717, 1.165) is 0 Å². The Morgan fingerprint density at radius 1 is 1.46 bits per heavy atom. The summed E-state index contributed by atoms with van der Waals surface area (Å²) in [6.45, 7) is 5.36. The number of ether oxygens (including phenoxy) is 1. The van der Waals surface area contributed by atoms with Crippen LogP contribution >= 0.6 is 11.6 Å². The zero-order valence-corrected chi connectivity index (χ0v) is 14.2. The van der Waals surface area contributed by atoms with Gasteiger partial charge in [-0.2, -0.15) is 5.10 Å². The van der Waals surface area contributed by atoms with Crippen LogP contribution in [0.4, 0.5) is 11.4 Å². The van der Waals surface area contributed by atoms with Crippen molar-refractivity contribution in [2.24, 2.45) is 0 Å². The lowest BCUT2D eigenvalue weighted by molar-refractivity contribution is -0.143. The lowest BCUT2D eigenvalue weighted by atomic mass is 10.0. The summed E-state index contributed by atoms with van der Waals surface area (Å²) < 4.78 is 7.37. The third-order valence-corrected chi connectivity index (χ3v) is 3.99. The van der Waals surface area contributed by atoms with Crippen LogP contribution in [0.3, 0.4) is 0 Å². The van der Waals surface area contributed by atoms with Crippen LogP contribution in [-0.4, -0.2) is 27.2 Å². The number of nitrogens with one attached hydrogen (secondary N) is 2. The molecule has 2 amide bonds. The Morgan fingerprint density at radius 3 is 2.88 bits per heavy atom. The van der Waals surface area contributed by atoms with E-state index in [1.54, 1.807) is 29.1 Å². The Labute approximate surface area is 143 Å². The van der Waals surface area contributed by atoms with Gasteiger partial charge in [-0.25, -0.2) is 0 Å². The SMILES string of the molecule is CC(C)n1cc(NC(=O)[C@]2(C)Oc3ccc(Cl)cc3NC2=O)cn1. The molecule has 0 spiro atoms. The van der Waals surface area contributed by atoms with E-state index in [-0.39, 0.29) is 6.04 Å². The topological polar surface area (TPSA) is 85.3 Å². The number of carbonyl (C=O) groups excluding carboxylic acids is 2. The lowest BCUT2D eigenvalue weighted by Gasteiger charge is -2.33. The molecule has 1 aromatic carbocycles. The first kappa shape index (κ1) is 16.3. The quantitative estimate of drug-likeness (QED) is 0.835. The standard InChI is InChI=1S/C16H17ClN4O3/c1-9(2)21-8-11(7-18-21)19-14(22)16(3)15(23)20-12-6-10(17)4-5-13(12)24-16/h4-9H,1-3H3,(H,19,22)(H,20,23)/t16-/m0/s1. The number of rotatable bonds is 3. The van der Waals surface area contributed by atoms with Crippen molar-refractivity contribution in [2.75, 3.05) is 10.6 Å². The highest BCUT2D eigenvalue weighted by Crippen LogP contribution is 2.36. The van der Waals surface area contributed by atoms with Crippen LogP contribution < -0.4 is 15.4 Å². The van der Waals surface area contributed by atoms with Gasteiger partial charge in [0.25, 0.3) is 17.4 Å². The van der Waals surface area contributed by atoms with E-state index in [4.69, 9.17) is 16.3 Å². The van der Waals surface area contributed by atoms with Crippen molar-refractivity contribution in [1.29, 1.82) is 0 Å². The number of carbonyl (C=O) groups is 2. The van der Waals surface area contributed by atoms with Gasteiger partial charge in [-0.05, 0) is 39.0 Å². The number of amides is 2. The van der Waals surface area contributed by atoms with Crippen molar-refractivity contribution in [3.63, 3.8) is 0 Å². The Kier molecular flexibility index (Phi) is 3.96. The number of anilines is 2. The predicted molar refractivity (Wildman–Crippen MR) is 90.4 cm³/mol. The molecule has 0 radical (unpaired) electrons. The van der Waals surface area contributed by atoms with E-state index in [0.29, 0.717) is 22.1 Å². The molecule has 2 N–H and O–H groups in total. The van der Waals surface area contributed by atoms with E-state index in [1.165, 1.54) is 13.1 Å². The van der Waals surface area contributed by atoms with Crippen molar-refractivity contribution in [3.05, 3.63) is 35.6 Å². The first-order valence-corrected chi connectivity index (χ1v) is 7.83. The summed E-state index contributed by atoms with van der Waals surface area (Å²) in [5.74, 6) is -0.760. The zero-order valence-electron chi connectivity index (χ0n) is 13.5. The molecule has 126 valence electrons. The van der Waals surface area contributed by atoms with Crippen molar-refractivity contribution in [2.45, 2.75) is 32.4 Å². The molecule has 0 unspecified atom stereocenters. The number of halogens is 1. The van der Waals surface area contributed by atoms with Crippen molar-refractivity contribution in [3.8, 4) is 5.75 Å². The van der Waals surface area contributed by atoms with Crippen LogP contribution in [0.5, 0.6) is 5.75 Å². The van der Waals surface area contributed by atoms with Gasteiger partial charge in [0, 0.05) is 17.3 Å². The number of nitrogens with zero attached hydrogens (tertiary/aromatic N) is 2. The van der Waals surface area contributed by atoms with Crippen molar-refractivity contribution >= 4 is 34.8 Å². The fourth-order valence-electron chi connectivity index (χ4n) is 2.28. The molecule has 7 nitrogen and oxygen atoms in total. The van der Waals surface area contributed by atoms with Gasteiger partial charge in [0.2, 0.25) is 0 Å². The van der Waals surface area contributed by atoms with Gasteiger partial charge < -0.3 is 15.4 Å². The second-order valence-corrected chi connectivity index (χ2v) is 6.42. The van der Waals surface area contributed by atoms with Crippen LogP contribution in [-0.2, 0) is 9.59 Å². The van der Waals surface area contributed by atoms with Crippen LogP contribution in [0.15, 0.2) is 30.6 Å². The summed E-state index contributed by atoms with van der Waals surface area (Å²) in [4.78, 5) is 25.0. The summed E-state index contributed by atoms with van der Waals surface area (Å²) in [7, 11) is 0. The summed E-state index contributed by atoms with van der Waals surface area (Å²) >= 11 is 5.90. The highest BCUT2D eigenvalue weighted by atomic mass is 35.5. The molecule has 1 aliphatic rings. The molecule has 1 aromatic heterocycles. The molecule has 0 bridgehead atoms. The van der Waals surface area contributed by atoms with Gasteiger partial charge in [-0.3, -0.25) is 14.3 Å². The predicted octanol–water partition coefficient (Wildman–Crippen LogP) is 2.85. The average Bonchev–Trinajstić information content (AvgIpc) is 2.97. The summed E-state index contributed by atoms with van der Waals surface area (Å²) in [6, 6.07) is 4.97. The summed E-state index contributed by atoms with van der Waals surface area (Å²) in [5.41, 5.74) is -0.764. The van der Waals surface area contributed by atoms with Gasteiger partial charge in [-0.1, -0.05) is 11.6 Å². The van der Waals surface area contributed by atoms with E-state index in [9.17, 15) is 9.59 Å². The third-order valence-electron chi connectivity index (χ3n) is 3.76. The lowest BCUT2D eigenvalue weighted by Crippen LogP contribution is -2.56. The highest BCUT2D eigenvalue weighted by Gasteiger charge is 2.47. The molecule has 2 aromatic rings. The molecule has 0 saturated carbocycles. The minimum atomic E-state index is -1.69. The van der Waals surface area contributed by atoms with Crippen LogP contribution in [0.25, 0.3) is 0 Å². The second kappa shape index (κ2) is 5.83.